The van der Waals surface area contributed by atoms with Gasteiger partial charge in [0.25, 0.3) is 0 Å². The first-order valence-corrected chi connectivity index (χ1v) is 5.77. The van der Waals surface area contributed by atoms with Crippen molar-refractivity contribution in [2.45, 2.75) is 19.3 Å². The Morgan fingerprint density at radius 2 is 1.45 bits per heavy atom. The fourth-order valence-electron chi connectivity index (χ4n) is 1.43. The van der Waals surface area contributed by atoms with Gasteiger partial charge in [0.1, 0.15) is 12.4 Å². The molecule has 0 unspecified atom stereocenters. The van der Waals surface area contributed by atoms with Gasteiger partial charge in [-0.3, -0.25) is 0 Å². The molecule has 2 nitrogen and oxygen atoms in total. The summed E-state index contributed by atoms with van der Waals surface area (Å²) in [4.78, 5) is 0. The molecule has 0 amide bonds. The molecule has 114 valence electrons. The van der Waals surface area contributed by atoms with Gasteiger partial charge in [-0.05, 0) is 24.7 Å². The van der Waals surface area contributed by atoms with Gasteiger partial charge < -0.3 is 10.1 Å². The summed E-state index contributed by atoms with van der Waals surface area (Å²) in [7, 11) is 0. The van der Waals surface area contributed by atoms with Crippen LogP contribution in [0.15, 0.2) is 18.2 Å². The average Bonchev–Trinajstić information content (AvgIpc) is 2.32. The minimum atomic E-state index is -4.86. The molecule has 0 aromatic heterocycles. The molecule has 0 radical (unpaired) electrons. The van der Waals surface area contributed by atoms with Gasteiger partial charge in [0.2, 0.25) is 0 Å². The van der Waals surface area contributed by atoms with Gasteiger partial charge in [0.15, 0.2) is 0 Å². The third kappa shape index (κ3) is 4.92. The van der Waals surface area contributed by atoms with Crippen LogP contribution >= 0.6 is 0 Å². The first-order valence-electron chi connectivity index (χ1n) is 5.77. The predicted molar refractivity (Wildman–Crippen MR) is 60.5 cm³/mol. The molecule has 0 atom stereocenters. The third-order valence-electron chi connectivity index (χ3n) is 2.36. The number of rotatable bonds is 5. The largest absolute Gasteiger partial charge is 0.492 e. The van der Waals surface area contributed by atoms with Gasteiger partial charge in [-0.1, -0.05) is 6.92 Å². The number of hydrogen-bond acceptors (Lipinski definition) is 2. The molecule has 0 bridgehead atoms. The van der Waals surface area contributed by atoms with Gasteiger partial charge in [0, 0.05) is 6.54 Å². The molecule has 0 aliphatic carbocycles. The van der Waals surface area contributed by atoms with Crippen LogP contribution in [0.4, 0.5) is 26.3 Å². The van der Waals surface area contributed by atoms with E-state index in [1.54, 1.807) is 0 Å². The molecule has 0 aliphatic heterocycles. The molecular weight excluding hydrogens is 288 g/mol. The van der Waals surface area contributed by atoms with E-state index in [-0.39, 0.29) is 12.7 Å². The maximum atomic E-state index is 12.5. The summed E-state index contributed by atoms with van der Waals surface area (Å²) >= 11 is 0. The number of nitrogens with one attached hydrogen (secondary N) is 1. The highest BCUT2D eigenvalue weighted by Gasteiger charge is 2.37. The lowest BCUT2D eigenvalue weighted by Crippen LogP contribution is -2.20. The van der Waals surface area contributed by atoms with Crippen molar-refractivity contribution < 1.29 is 31.1 Å². The Balaban J connectivity index is 2.99. The molecule has 0 saturated carbocycles. The Hall–Kier alpha value is -1.44. The Labute approximate surface area is 111 Å². The van der Waals surface area contributed by atoms with Crippen molar-refractivity contribution in [2.75, 3.05) is 19.7 Å². The van der Waals surface area contributed by atoms with E-state index in [0.29, 0.717) is 25.2 Å². The molecule has 1 aromatic rings. The smallest absolute Gasteiger partial charge is 0.416 e. The zero-order valence-corrected chi connectivity index (χ0v) is 10.5. The molecule has 0 saturated heterocycles. The van der Waals surface area contributed by atoms with Crippen LogP contribution in [0.3, 0.4) is 0 Å². The van der Waals surface area contributed by atoms with Crippen molar-refractivity contribution in [3.8, 4) is 5.75 Å². The summed E-state index contributed by atoms with van der Waals surface area (Å²) in [6.45, 7) is 2.74. The third-order valence-corrected chi connectivity index (χ3v) is 2.36. The number of benzene rings is 1. The van der Waals surface area contributed by atoms with Gasteiger partial charge in [-0.15, -0.1) is 0 Å². The molecule has 0 spiro atoms. The minimum absolute atomic E-state index is 0.0214. The van der Waals surface area contributed by atoms with Crippen LogP contribution in [0.25, 0.3) is 0 Å². The highest BCUT2D eigenvalue weighted by atomic mass is 19.4. The molecular formula is C12H13F6NO. The van der Waals surface area contributed by atoms with Crippen LogP contribution < -0.4 is 10.1 Å². The lowest BCUT2D eigenvalue weighted by molar-refractivity contribution is -0.143. The normalized spacial score (nSPS) is 12.6. The summed E-state index contributed by atoms with van der Waals surface area (Å²) in [6.07, 6.45) is -9.72. The topological polar surface area (TPSA) is 21.3 Å². The van der Waals surface area contributed by atoms with Crippen molar-refractivity contribution in [1.82, 2.24) is 5.32 Å². The van der Waals surface area contributed by atoms with E-state index < -0.39 is 29.2 Å². The Kier molecular flexibility index (Phi) is 5.27. The first kappa shape index (κ1) is 16.6. The molecule has 8 heteroatoms. The van der Waals surface area contributed by atoms with Gasteiger partial charge in [-0.25, -0.2) is 0 Å². The number of halogens is 6. The maximum absolute atomic E-state index is 12.5. The SMILES string of the molecule is CCNCCOc1cc(C(F)(F)F)cc(C(F)(F)F)c1. The Morgan fingerprint density at radius 3 is 1.85 bits per heavy atom. The molecule has 1 N–H and O–H groups in total. The summed E-state index contributed by atoms with van der Waals surface area (Å²) in [5.74, 6) is -0.454. The van der Waals surface area contributed by atoms with Gasteiger partial charge in [0.05, 0.1) is 11.1 Å². The summed E-state index contributed by atoms with van der Waals surface area (Å²) in [6, 6.07) is 1.18. The van der Waals surface area contributed by atoms with Crippen molar-refractivity contribution in [2.24, 2.45) is 0 Å². The van der Waals surface area contributed by atoms with Gasteiger partial charge in [-0.2, -0.15) is 26.3 Å². The van der Waals surface area contributed by atoms with Crippen LogP contribution in [-0.4, -0.2) is 19.7 Å². The van der Waals surface area contributed by atoms with Crippen LogP contribution in [0, 0.1) is 0 Å². The van der Waals surface area contributed by atoms with E-state index in [9.17, 15) is 26.3 Å². The second-order valence-corrected chi connectivity index (χ2v) is 3.94. The van der Waals surface area contributed by atoms with Crippen molar-refractivity contribution in [1.29, 1.82) is 0 Å². The monoisotopic (exact) mass is 301 g/mol. The fraction of sp³-hybridized carbons (Fsp3) is 0.500. The standard InChI is InChI=1S/C12H13F6NO/c1-2-19-3-4-20-10-6-8(11(13,14)15)5-9(7-10)12(16,17)18/h5-7,19H,2-4H2,1H3. The molecule has 1 rings (SSSR count). The van der Waals surface area contributed by atoms with E-state index in [1.807, 2.05) is 6.92 Å². The zero-order valence-electron chi connectivity index (χ0n) is 10.5. The van der Waals surface area contributed by atoms with Crippen LogP contribution in [0.1, 0.15) is 18.1 Å². The highest BCUT2D eigenvalue weighted by molar-refractivity contribution is 5.37. The van der Waals surface area contributed by atoms with Crippen LogP contribution in [0.5, 0.6) is 5.75 Å². The van der Waals surface area contributed by atoms with E-state index in [1.165, 1.54) is 0 Å². The van der Waals surface area contributed by atoms with E-state index in [0.717, 1.165) is 0 Å². The van der Waals surface area contributed by atoms with E-state index >= 15 is 0 Å². The van der Waals surface area contributed by atoms with Gasteiger partial charge >= 0.3 is 12.4 Å². The average molecular weight is 301 g/mol. The Morgan fingerprint density at radius 1 is 0.950 bits per heavy atom. The van der Waals surface area contributed by atoms with E-state index in [4.69, 9.17) is 4.74 Å². The minimum Gasteiger partial charge on any atom is -0.492 e. The van der Waals surface area contributed by atoms with Crippen LogP contribution in [-0.2, 0) is 12.4 Å². The summed E-state index contributed by atoms with van der Waals surface area (Å²) in [5.41, 5.74) is -2.77. The van der Waals surface area contributed by atoms with Crippen molar-refractivity contribution in [3.63, 3.8) is 0 Å². The lowest BCUT2D eigenvalue weighted by atomic mass is 10.1. The first-order chi connectivity index (χ1) is 9.14. The lowest BCUT2D eigenvalue weighted by Gasteiger charge is -2.14. The number of ether oxygens (including phenoxy) is 1. The molecule has 20 heavy (non-hydrogen) atoms. The van der Waals surface area contributed by atoms with Crippen molar-refractivity contribution in [3.05, 3.63) is 29.3 Å². The maximum Gasteiger partial charge on any atom is 0.416 e. The molecule has 1 aromatic carbocycles. The molecule has 0 fully saturated rings. The fourth-order valence-corrected chi connectivity index (χ4v) is 1.43. The van der Waals surface area contributed by atoms with Crippen molar-refractivity contribution >= 4 is 0 Å². The van der Waals surface area contributed by atoms with Crippen LogP contribution in [0.2, 0.25) is 0 Å². The number of alkyl halides is 6. The highest BCUT2D eigenvalue weighted by Crippen LogP contribution is 2.38. The summed E-state index contributed by atoms with van der Waals surface area (Å²) in [5, 5.41) is 2.84. The summed E-state index contributed by atoms with van der Waals surface area (Å²) < 4.78 is 80.2. The Bertz CT molecular complexity index is 408. The quantitative estimate of drug-likeness (QED) is 0.661. The number of likely N-dealkylation sites (N-methyl/N-ethyl adjacent to an activating group) is 1. The number of hydrogen-bond donors (Lipinski definition) is 1. The molecule has 0 heterocycles. The zero-order chi connectivity index (χ0) is 15.4. The predicted octanol–water partition coefficient (Wildman–Crippen LogP) is 3.71. The second-order valence-electron chi connectivity index (χ2n) is 3.94. The second kappa shape index (κ2) is 6.34. The van der Waals surface area contributed by atoms with E-state index in [2.05, 4.69) is 5.32 Å². The molecule has 0 aliphatic rings.